The van der Waals surface area contributed by atoms with Crippen molar-refractivity contribution in [1.29, 1.82) is 0 Å². The van der Waals surface area contributed by atoms with Gasteiger partial charge >= 0.3 is 0 Å². The lowest BCUT2D eigenvalue weighted by Crippen LogP contribution is -2.28. The fourth-order valence-corrected chi connectivity index (χ4v) is 2.71. The van der Waals surface area contributed by atoms with Gasteiger partial charge in [-0.15, -0.1) is 0 Å². The summed E-state index contributed by atoms with van der Waals surface area (Å²) in [5.74, 6) is 0. The van der Waals surface area contributed by atoms with Gasteiger partial charge in [-0.3, -0.25) is 0 Å². The van der Waals surface area contributed by atoms with Crippen molar-refractivity contribution in [3.05, 3.63) is 35.4 Å². The maximum absolute atomic E-state index is 3.60. The van der Waals surface area contributed by atoms with Crippen molar-refractivity contribution in [3.63, 3.8) is 0 Å². The predicted octanol–water partition coefficient (Wildman–Crippen LogP) is 5.09. The minimum absolute atomic E-state index is 0.260. The Morgan fingerprint density at radius 1 is 1.00 bits per heavy atom. The molecular formula is C19H33N. The second kappa shape index (κ2) is 8.46. The first-order chi connectivity index (χ1) is 9.47. The molecule has 20 heavy (non-hydrogen) atoms. The molecule has 0 bridgehead atoms. The predicted molar refractivity (Wildman–Crippen MR) is 90.5 cm³/mol. The molecule has 0 amide bonds. The van der Waals surface area contributed by atoms with Gasteiger partial charge in [-0.2, -0.15) is 0 Å². The van der Waals surface area contributed by atoms with Crippen LogP contribution in [-0.4, -0.2) is 12.6 Å². The van der Waals surface area contributed by atoms with Gasteiger partial charge < -0.3 is 5.32 Å². The van der Waals surface area contributed by atoms with Crippen molar-refractivity contribution in [2.24, 2.45) is 0 Å². The molecule has 1 heteroatoms. The van der Waals surface area contributed by atoms with Gasteiger partial charge in [-0.05, 0) is 48.8 Å². The molecule has 0 heterocycles. The third kappa shape index (κ3) is 6.09. The minimum atomic E-state index is 0.260. The average molecular weight is 275 g/mol. The Kier molecular flexibility index (Phi) is 7.29. The summed E-state index contributed by atoms with van der Waals surface area (Å²) in [6, 6.07) is 9.91. The standard InChI is InChI=1S/C19H33N/c1-6-9-18(20-7-2)11-8-10-16-12-14-17(15-13-16)19(3,4)5/h12-15,18,20H,6-11H2,1-5H3. The normalized spacial score (nSPS) is 13.4. The van der Waals surface area contributed by atoms with Crippen molar-refractivity contribution in [3.8, 4) is 0 Å². The average Bonchev–Trinajstić information content (AvgIpc) is 2.39. The summed E-state index contributed by atoms with van der Waals surface area (Å²) in [7, 11) is 0. The van der Waals surface area contributed by atoms with E-state index in [-0.39, 0.29) is 5.41 Å². The van der Waals surface area contributed by atoms with Crippen LogP contribution in [0.2, 0.25) is 0 Å². The van der Waals surface area contributed by atoms with E-state index in [2.05, 4.69) is 64.2 Å². The van der Waals surface area contributed by atoms with Crippen LogP contribution in [0.15, 0.2) is 24.3 Å². The first-order valence-corrected chi connectivity index (χ1v) is 8.30. The zero-order valence-corrected chi connectivity index (χ0v) is 14.1. The van der Waals surface area contributed by atoms with E-state index >= 15 is 0 Å². The maximum Gasteiger partial charge on any atom is 0.00669 e. The van der Waals surface area contributed by atoms with Crippen molar-refractivity contribution in [2.45, 2.75) is 78.2 Å². The molecule has 0 fully saturated rings. The molecule has 0 saturated carbocycles. The number of nitrogens with one attached hydrogen (secondary N) is 1. The van der Waals surface area contributed by atoms with Gasteiger partial charge in [0, 0.05) is 6.04 Å². The van der Waals surface area contributed by atoms with Crippen LogP contribution in [0.5, 0.6) is 0 Å². The van der Waals surface area contributed by atoms with Gasteiger partial charge in [0.1, 0.15) is 0 Å². The molecule has 114 valence electrons. The van der Waals surface area contributed by atoms with Crippen molar-refractivity contribution in [1.82, 2.24) is 5.32 Å². The highest BCUT2D eigenvalue weighted by molar-refractivity contribution is 5.27. The third-order valence-corrected chi connectivity index (χ3v) is 3.97. The number of hydrogen-bond acceptors (Lipinski definition) is 1. The number of benzene rings is 1. The summed E-state index contributed by atoms with van der Waals surface area (Å²) in [4.78, 5) is 0. The van der Waals surface area contributed by atoms with E-state index in [1.54, 1.807) is 0 Å². The zero-order valence-electron chi connectivity index (χ0n) is 14.1. The minimum Gasteiger partial charge on any atom is -0.314 e. The topological polar surface area (TPSA) is 12.0 Å². The van der Waals surface area contributed by atoms with E-state index < -0.39 is 0 Å². The largest absolute Gasteiger partial charge is 0.314 e. The molecule has 0 aromatic heterocycles. The van der Waals surface area contributed by atoms with Crippen LogP contribution in [-0.2, 0) is 11.8 Å². The lowest BCUT2D eigenvalue weighted by molar-refractivity contribution is 0.447. The molecule has 0 aliphatic heterocycles. The van der Waals surface area contributed by atoms with E-state index in [0.29, 0.717) is 6.04 Å². The van der Waals surface area contributed by atoms with Crippen LogP contribution >= 0.6 is 0 Å². The second-order valence-electron chi connectivity index (χ2n) is 6.88. The van der Waals surface area contributed by atoms with Crippen LogP contribution in [0.1, 0.15) is 71.4 Å². The first-order valence-electron chi connectivity index (χ1n) is 8.30. The highest BCUT2D eigenvalue weighted by Crippen LogP contribution is 2.22. The SMILES string of the molecule is CCCC(CCCc1ccc(C(C)(C)C)cc1)NCC. The van der Waals surface area contributed by atoms with Gasteiger partial charge in [-0.1, -0.05) is 65.3 Å². The summed E-state index contributed by atoms with van der Waals surface area (Å²) in [5, 5.41) is 3.60. The summed E-state index contributed by atoms with van der Waals surface area (Å²) in [6.45, 7) is 12.4. The highest BCUT2D eigenvalue weighted by atomic mass is 14.9. The number of aryl methyl sites for hydroxylation is 1. The maximum atomic E-state index is 3.60. The van der Waals surface area contributed by atoms with E-state index in [1.165, 1.54) is 43.2 Å². The van der Waals surface area contributed by atoms with E-state index in [4.69, 9.17) is 0 Å². The molecule has 0 saturated heterocycles. The molecule has 1 rings (SSSR count). The molecule has 1 N–H and O–H groups in total. The molecule has 0 aliphatic rings. The summed E-state index contributed by atoms with van der Waals surface area (Å²) >= 11 is 0. The van der Waals surface area contributed by atoms with Crippen LogP contribution in [0.25, 0.3) is 0 Å². The van der Waals surface area contributed by atoms with Gasteiger partial charge in [0.25, 0.3) is 0 Å². The Labute approximate surface area is 126 Å². The Balaban J connectivity index is 2.41. The molecular weight excluding hydrogens is 242 g/mol. The molecule has 0 radical (unpaired) electrons. The molecule has 1 aromatic carbocycles. The van der Waals surface area contributed by atoms with Gasteiger partial charge in [0.2, 0.25) is 0 Å². The van der Waals surface area contributed by atoms with Crippen LogP contribution in [0.4, 0.5) is 0 Å². The quantitative estimate of drug-likeness (QED) is 0.697. The Morgan fingerprint density at radius 3 is 2.15 bits per heavy atom. The van der Waals surface area contributed by atoms with Crippen LogP contribution in [0, 0.1) is 0 Å². The molecule has 1 atom stereocenters. The van der Waals surface area contributed by atoms with E-state index in [0.717, 1.165) is 6.54 Å². The van der Waals surface area contributed by atoms with Gasteiger partial charge in [-0.25, -0.2) is 0 Å². The van der Waals surface area contributed by atoms with Gasteiger partial charge in [0.15, 0.2) is 0 Å². The molecule has 1 nitrogen and oxygen atoms in total. The monoisotopic (exact) mass is 275 g/mol. The lowest BCUT2D eigenvalue weighted by Gasteiger charge is -2.19. The number of hydrogen-bond donors (Lipinski definition) is 1. The third-order valence-electron chi connectivity index (χ3n) is 3.97. The zero-order chi connectivity index (χ0) is 15.0. The fraction of sp³-hybridized carbons (Fsp3) is 0.684. The Morgan fingerprint density at radius 2 is 1.65 bits per heavy atom. The molecule has 0 spiro atoms. The van der Waals surface area contributed by atoms with E-state index in [9.17, 15) is 0 Å². The Hall–Kier alpha value is -0.820. The highest BCUT2D eigenvalue weighted by Gasteiger charge is 2.12. The molecule has 1 aromatic rings. The van der Waals surface area contributed by atoms with Crippen molar-refractivity contribution >= 4 is 0 Å². The first kappa shape index (κ1) is 17.2. The second-order valence-corrected chi connectivity index (χ2v) is 6.88. The molecule has 0 aliphatic carbocycles. The summed E-state index contributed by atoms with van der Waals surface area (Å²) in [5.41, 5.74) is 3.16. The lowest BCUT2D eigenvalue weighted by atomic mass is 9.86. The Bertz CT molecular complexity index is 352. The number of rotatable bonds is 8. The fourth-order valence-electron chi connectivity index (χ4n) is 2.71. The smallest absolute Gasteiger partial charge is 0.00669 e. The van der Waals surface area contributed by atoms with Crippen LogP contribution < -0.4 is 5.32 Å². The van der Waals surface area contributed by atoms with Crippen molar-refractivity contribution in [2.75, 3.05) is 6.54 Å². The summed E-state index contributed by atoms with van der Waals surface area (Å²) < 4.78 is 0. The van der Waals surface area contributed by atoms with Crippen molar-refractivity contribution < 1.29 is 0 Å². The summed E-state index contributed by atoms with van der Waals surface area (Å²) in [6.07, 6.45) is 6.36. The van der Waals surface area contributed by atoms with Gasteiger partial charge in [0.05, 0.1) is 0 Å². The van der Waals surface area contributed by atoms with Crippen LogP contribution in [0.3, 0.4) is 0 Å². The molecule has 1 unspecified atom stereocenters. The van der Waals surface area contributed by atoms with E-state index in [1.807, 2.05) is 0 Å².